The SMILES string of the molecule is COc1ccc(N2C(=S)N[C@H](c3ccccn3)[C@H]2c2cc(C)n(Cc3ccccc3)c2C)c(OC)c1. The van der Waals surface area contributed by atoms with E-state index in [2.05, 4.69) is 63.9 Å². The predicted octanol–water partition coefficient (Wildman–Crippen LogP) is 5.74. The summed E-state index contributed by atoms with van der Waals surface area (Å²) in [5, 5.41) is 4.18. The van der Waals surface area contributed by atoms with Crippen molar-refractivity contribution in [3.05, 3.63) is 107 Å². The molecule has 2 atom stereocenters. The molecule has 7 heteroatoms. The monoisotopic (exact) mass is 498 g/mol. The van der Waals surface area contributed by atoms with Crippen LogP contribution in [0, 0.1) is 13.8 Å². The van der Waals surface area contributed by atoms with Gasteiger partial charge in [0, 0.05) is 30.2 Å². The molecular formula is C29H30N4O2S. The normalized spacial score (nSPS) is 17.2. The maximum atomic E-state index is 5.93. The van der Waals surface area contributed by atoms with Gasteiger partial charge in [-0.25, -0.2) is 0 Å². The summed E-state index contributed by atoms with van der Waals surface area (Å²) in [4.78, 5) is 6.84. The van der Waals surface area contributed by atoms with Crippen molar-refractivity contribution in [2.45, 2.75) is 32.5 Å². The number of nitrogens with one attached hydrogen (secondary N) is 1. The van der Waals surface area contributed by atoms with Gasteiger partial charge in [0.2, 0.25) is 0 Å². The Balaban J connectivity index is 1.65. The fraction of sp³-hybridized carbons (Fsp3) is 0.241. The molecule has 1 fully saturated rings. The molecule has 1 aliphatic heterocycles. The number of aromatic nitrogens is 2. The number of methoxy groups -OCH3 is 2. The van der Waals surface area contributed by atoms with Crippen LogP contribution in [0.5, 0.6) is 11.5 Å². The minimum absolute atomic E-state index is 0.120. The Bertz CT molecular complexity index is 1370. The third kappa shape index (κ3) is 4.31. The Morgan fingerprint density at radius 2 is 1.72 bits per heavy atom. The van der Waals surface area contributed by atoms with Gasteiger partial charge in [0.1, 0.15) is 11.5 Å². The average Bonchev–Trinajstić information content (AvgIpc) is 3.40. The van der Waals surface area contributed by atoms with Crippen LogP contribution in [0.3, 0.4) is 0 Å². The highest BCUT2D eigenvalue weighted by atomic mass is 32.1. The summed E-state index contributed by atoms with van der Waals surface area (Å²) >= 11 is 5.93. The molecule has 3 heterocycles. The molecule has 5 rings (SSSR count). The van der Waals surface area contributed by atoms with E-state index in [4.69, 9.17) is 21.7 Å². The number of nitrogens with zero attached hydrogens (tertiary/aromatic N) is 3. The molecule has 2 aromatic heterocycles. The molecule has 6 nitrogen and oxygen atoms in total. The van der Waals surface area contributed by atoms with Crippen molar-refractivity contribution in [2.24, 2.45) is 0 Å². The second-order valence-corrected chi connectivity index (χ2v) is 9.32. The Labute approximate surface area is 217 Å². The van der Waals surface area contributed by atoms with Crippen LogP contribution >= 0.6 is 12.2 Å². The minimum atomic E-state index is -0.129. The van der Waals surface area contributed by atoms with E-state index >= 15 is 0 Å². The smallest absolute Gasteiger partial charge is 0.174 e. The van der Waals surface area contributed by atoms with Crippen molar-refractivity contribution < 1.29 is 9.47 Å². The topological polar surface area (TPSA) is 51.5 Å². The highest BCUT2D eigenvalue weighted by Crippen LogP contribution is 2.46. The fourth-order valence-electron chi connectivity index (χ4n) is 5.05. The molecule has 184 valence electrons. The zero-order valence-electron chi connectivity index (χ0n) is 20.9. The number of ether oxygens (including phenoxy) is 2. The number of aryl methyl sites for hydroxylation is 1. The van der Waals surface area contributed by atoms with E-state index in [1.165, 1.54) is 22.5 Å². The highest BCUT2D eigenvalue weighted by Gasteiger charge is 2.43. The lowest BCUT2D eigenvalue weighted by atomic mass is 9.96. The number of hydrogen-bond donors (Lipinski definition) is 1. The zero-order valence-corrected chi connectivity index (χ0v) is 21.8. The Hall–Kier alpha value is -3.84. The van der Waals surface area contributed by atoms with Crippen LogP contribution < -0.4 is 19.7 Å². The van der Waals surface area contributed by atoms with Crippen molar-refractivity contribution in [1.29, 1.82) is 0 Å². The van der Waals surface area contributed by atoms with E-state index in [1.807, 2.05) is 48.7 Å². The number of pyridine rings is 1. The maximum absolute atomic E-state index is 5.93. The van der Waals surface area contributed by atoms with Crippen LogP contribution in [0.25, 0.3) is 0 Å². The van der Waals surface area contributed by atoms with Crippen molar-refractivity contribution in [3.8, 4) is 11.5 Å². The van der Waals surface area contributed by atoms with Crippen LogP contribution in [0.1, 0.15) is 40.3 Å². The molecule has 1 N–H and O–H groups in total. The molecular weight excluding hydrogens is 468 g/mol. The molecule has 0 amide bonds. The first-order chi connectivity index (χ1) is 17.5. The molecule has 4 aromatic rings. The predicted molar refractivity (Wildman–Crippen MR) is 147 cm³/mol. The Morgan fingerprint density at radius 1 is 0.944 bits per heavy atom. The summed E-state index contributed by atoms with van der Waals surface area (Å²) in [6.45, 7) is 5.16. The van der Waals surface area contributed by atoms with Crippen molar-refractivity contribution in [2.75, 3.05) is 19.1 Å². The number of hydrogen-bond acceptors (Lipinski definition) is 4. The number of anilines is 1. The maximum Gasteiger partial charge on any atom is 0.174 e. The zero-order chi connectivity index (χ0) is 25.2. The fourth-order valence-corrected chi connectivity index (χ4v) is 5.39. The minimum Gasteiger partial charge on any atom is -0.497 e. The van der Waals surface area contributed by atoms with Crippen molar-refractivity contribution in [1.82, 2.24) is 14.9 Å². The number of thiocarbonyl (C=S) groups is 1. The van der Waals surface area contributed by atoms with Gasteiger partial charge >= 0.3 is 0 Å². The highest BCUT2D eigenvalue weighted by molar-refractivity contribution is 7.80. The summed E-state index contributed by atoms with van der Waals surface area (Å²) < 4.78 is 13.6. The van der Waals surface area contributed by atoms with Gasteiger partial charge in [-0.2, -0.15) is 0 Å². The van der Waals surface area contributed by atoms with E-state index in [0.717, 1.165) is 23.7 Å². The van der Waals surface area contributed by atoms with Gasteiger partial charge < -0.3 is 24.3 Å². The second kappa shape index (κ2) is 10.0. The molecule has 0 bridgehead atoms. The lowest BCUT2D eigenvalue weighted by Gasteiger charge is -2.29. The van der Waals surface area contributed by atoms with Gasteiger partial charge in [0.25, 0.3) is 0 Å². The molecule has 0 unspecified atom stereocenters. The Kier molecular flexibility index (Phi) is 6.65. The van der Waals surface area contributed by atoms with E-state index in [0.29, 0.717) is 10.9 Å². The quantitative estimate of drug-likeness (QED) is 0.328. The van der Waals surface area contributed by atoms with Gasteiger partial charge in [0.05, 0.1) is 37.7 Å². The first-order valence-electron chi connectivity index (χ1n) is 11.9. The summed E-state index contributed by atoms with van der Waals surface area (Å²) in [6, 6.07) is 24.4. The number of rotatable bonds is 7. The van der Waals surface area contributed by atoms with Crippen molar-refractivity contribution >= 4 is 23.0 Å². The Morgan fingerprint density at radius 3 is 2.42 bits per heavy atom. The van der Waals surface area contributed by atoms with E-state index in [1.54, 1.807) is 14.2 Å². The molecule has 0 saturated carbocycles. The van der Waals surface area contributed by atoms with Crippen LogP contribution in [0.4, 0.5) is 5.69 Å². The lowest BCUT2D eigenvalue weighted by Crippen LogP contribution is -2.30. The van der Waals surface area contributed by atoms with Gasteiger partial charge in [-0.3, -0.25) is 4.98 Å². The molecule has 1 saturated heterocycles. The van der Waals surface area contributed by atoms with Gasteiger partial charge in [0.15, 0.2) is 5.11 Å². The largest absolute Gasteiger partial charge is 0.497 e. The van der Waals surface area contributed by atoms with E-state index < -0.39 is 0 Å². The summed E-state index contributed by atoms with van der Waals surface area (Å²) in [5.41, 5.74) is 6.68. The first kappa shape index (κ1) is 23.9. The summed E-state index contributed by atoms with van der Waals surface area (Å²) in [6.07, 6.45) is 1.83. The van der Waals surface area contributed by atoms with Gasteiger partial charge in [-0.05, 0) is 67.5 Å². The lowest BCUT2D eigenvalue weighted by molar-refractivity contribution is 0.394. The number of benzene rings is 2. The van der Waals surface area contributed by atoms with Crippen molar-refractivity contribution in [3.63, 3.8) is 0 Å². The molecule has 0 spiro atoms. The van der Waals surface area contributed by atoms with Gasteiger partial charge in [-0.15, -0.1) is 0 Å². The first-order valence-corrected chi connectivity index (χ1v) is 12.4. The molecule has 0 aliphatic carbocycles. The van der Waals surface area contributed by atoms with Crippen LogP contribution in [0.2, 0.25) is 0 Å². The molecule has 36 heavy (non-hydrogen) atoms. The average molecular weight is 499 g/mol. The molecule has 0 radical (unpaired) electrons. The third-order valence-corrected chi connectivity index (χ3v) is 7.17. The summed E-state index contributed by atoms with van der Waals surface area (Å²) in [7, 11) is 3.32. The van der Waals surface area contributed by atoms with E-state index in [9.17, 15) is 0 Å². The second-order valence-electron chi connectivity index (χ2n) is 8.93. The van der Waals surface area contributed by atoms with E-state index in [-0.39, 0.29) is 12.1 Å². The van der Waals surface area contributed by atoms with Crippen LogP contribution in [0.15, 0.2) is 79.0 Å². The molecule has 2 aromatic carbocycles. The standard InChI is InChI=1S/C29H30N4O2S/c1-19-16-23(20(2)32(19)18-21-10-6-5-7-11-21)28-27(24-12-8-9-15-30-24)31-29(36)33(28)25-14-13-22(34-3)17-26(25)35-4/h5-17,27-28H,18H2,1-4H3,(H,31,36)/t27-,28-/m1/s1. The van der Waals surface area contributed by atoms with Crippen LogP contribution in [-0.4, -0.2) is 28.9 Å². The third-order valence-electron chi connectivity index (χ3n) is 6.86. The summed E-state index contributed by atoms with van der Waals surface area (Å²) in [5.74, 6) is 1.43. The van der Waals surface area contributed by atoms with Crippen LogP contribution in [-0.2, 0) is 6.54 Å². The van der Waals surface area contributed by atoms with Gasteiger partial charge in [-0.1, -0.05) is 36.4 Å². The molecule has 1 aliphatic rings.